The largest absolute Gasteiger partial charge is 0.435 e. The fraction of sp³-hybridized carbons (Fsp3) is 0.375. The molecule has 1 aromatic carbocycles. The number of hydrogen-bond donors (Lipinski definition) is 1. The van der Waals surface area contributed by atoms with Gasteiger partial charge in [0, 0.05) is 72.4 Å². The van der Waals surface area contributed by atoms with Gasteiger partial charge in [0.2, 0.25) is 11.8 Å². The van der Waals surface area contributed by atoms with Crippen LogP contribution in [0.3, 0.4) is 0 Å². The van der Waals surface area contributed by atoms with Crippen LogP contribution in [0, 0.1) is 11.2 Å². The molecule has 1 saturated carbocycles. The minimum absolute atomic E-state index is 0.0806. The van der Waals surface area contributed by atoms with Crippen LogP contribution in [-0.4, -0.2) is 73.7 Å². The highest BCUT2D eigenvalue weighted by Gasteiger charge is 2.65. The Hall–Kier alpha value is -6.27. The molecule has 13 nitrogen and oxygen atoms in total. The van der Waals surface area contributed by atoms with E-state index in [-0.39, 0.29) is 34.9 Å². The van der Waals surface area contributed by atoms with Crippen LogP contribution in [0.25, 0.3) is 33.4 Å². The molecule has 8 rings (SSSR count). The lowest BCUT2D eigenvalue weighted by Gasteiger charge is -2.33. The van der Waals surface area contributed by atoms with E-state index in [1.807, 2.05) is 43.6 Å². The maximum atomic E-state index is 14.8. The molecule has 3 atom stereocenters. The van der Waals surface area contributed by atoms with E-state index in [0.29, 0.717) is 41.5 Å². The minimum atomic E-state index is -5.00. The van der Waals surface area contributed by atoms with E-state index in [1.165, 1.54) is 18.7 Å². The van der Waals surface area contributed by atoms with Crippen LogP contribution in [0.5, 0.6) is 0 Å². The van der Waals surface area contributed by atoms with Gasteiger partial charge in [-0.25, -0.2) is 14.1 Å². The van der Waals surface area contributed by atoms with Crippen molar-refractivity contribution in [3.8, 4) is 22.4 Å². The number of aryl methyl sites for hydroxylation is 2. The van der Waals surface area contributed by atoms with Crippen LogP contribution in [0.2, 0.25) is 0 Å². The number of halogens is 6. The molecular formula is C40H38F6N10O3. The van der Waals surface area contributed by atoms with Crippen LogP contribution < -0.4 is 10.9 Å². The predicted octanol–water partition coefficient (Wildman–Crippen LogP) is 5.86. The Morgan fingerprint density at radius 2 is 1.78 bits per heavy atom. The zero-order chi connectivity index (χ0) is 44.7. The van der Waals surface area contributed by atoms with Crippen molar-refractivity contribution in [3.63, 3.8) is 0 Å². The first-order valence-electron chi connectivity index (χ1n) is 20.0. The summed E-state index contributed by atoms with van der Waals surface area (Å²) in [5.74, 6) is -2.77. The summed E-state index contributed by atoms with van der Waals surface area (Å²) in [6, 6.07) is 9.65. The van der Waals surface area contributed by atoms with E-state index in [9.17, 15) is 40.7 Å². The highest BCUT2D eigenvalue weighted by Crippen LogP contribution is 2.65. The first kappa shape index (κ1) is 35.9. The zero-order valence-corrected chi connectivity index (χ0v) is 31.7. The van der Waals surface area contributed by atoms with Gasteiger partial charge in [-0.3, -0.25) is 23.7 Å². The van der Waals surface area contributed by atoms with Gasteiger partial charge in [0.15, 0.2) is 17.2 Å². The maximum Gasteiger partial charge on any atom is 0.435 e. The molecule has 2 aliphatic rings. The van der Waals surface area contributed by atoms with Crippen molar-refractivity contribution in [3.05, 3.63) is 106 Å². The number of nitrogens with zero attached hydrogens (tertiary/aromatic N) is 9. The first-order chi connectivity index (χ1) is 29.0. The average Bonchev–Trinajstić information content (AvgIpc) is 3.59. The van der Waals surface area contributed by atoms with Crippen LogP contribution in [-0.2, 0) is 42.8 Å². The third-order valence-electron chi connectivity index (χ3n) is 11.0. The molecule has 1 saturated heterocycles. The molecule has 2 amide bonds. The van der Waals surface area contributed by atoms with Gasteiger partial charge in [0.25, 0.3) is 5.56 Å². The SMILES string of the molecule is [2H]C([2H])([2H])n1cc(-c2cc(C(F)(F)F)nn2CC(C)(C)NC(=O)[C@@H](Cc2cnn(C(F)F)c2)N2CC[C@@]3(C[C@@H]3c3ccc(-c4cnc5nn(C)cc5c4)cc3)C2=O)cc(F)c1=O. The van der Waals surface area contributed by atoms with Gasteiger partial charge in [-0.1, -0.05) is 24.3 Å². The number of pyridine rings is 2. The number of hydrogen-bond acceptors (Lipinski definition) is 7. The van der Waals surface area contributed by atoms with Crippen molar-refractivity contribution < 1.29 is 40.0 Å². The van der Waals surface area contributed by atoms with Crippen molar-refractivity contribution in [2.45, 2.75) is 69.9 Å². The van der Waals surface area contributed by atoms with Gasteiger partial charge in [-0.2, -0.15) is 37.2 Å². The van der Waals surface area contributed by atoms with E-state index < -0.39 is 77.5 Å². The second-order valence-electron chi connectivity index (χ2n) is 15.7. The van der Waals surface area contributed by atoms with Gasteiger partial charge in [0.05, 0.1) is 29.4 Å². The fourth-order valence-corrected chi connectivity index (χ4v) is 8.05. The topological polar surface area (TPSA) is 138 Å². The number of benzene rings is 1. The van der Waals surface area contributed by atoms with Gasteiger partial charge < -0.3 is 14.8 Å². The van der Waals surface area contributed by atoms with Gasteiger partial charge >= 0.3 is 12.7 Å². The molecule has 5 aromatic heterocycles. The summed E-state index contributed by atoms with van der Waals surface area (Å²) >= 11 is 0. The van der Waals surface area contributed by atoms with Crippen molar-refractivity contribution in [2.75, 3.05) is 6.54 Å². The Bertz CT molecular complexity index is 2780. The molecule has 1 spiro atoms. The second-order valence-corrected chi connectivity index (χ2v) is 15.7. The summed E-state index contributed by atoms with van der Waals surface area (Å²) in [6.45, 7) is -3.59. The molecule has 6 heterocycles. The number of aromatic nitrogens is 8. The van der Waals surface area contributed by atoms with E-state index in [4.69, 9.17) is 4.11 Å². The zero-order valence-electron chi connectivity index (χ0n) is 34.7. The number of rotatable bonds is 11. The number of amides is 2. The van der Waals surface area contributed by atoms with Crippen molar-refractivity contribution in [2.24, 2.45) is 19.4 Å². The Morgan fingerprint density at radius 1 is 1.02 bits per heavy atom. The Balaban J connectivity index is 1.05. The normalized spacial score (nSPS) is 19.7. The molecule has 1 aliphatic heterocycles. The number of likely N-dealkylation sites (tertiary alicyclic amines) is 1. The second kappa shape index (κ2) is 14.2. The molecular weight excluding hydrogens is 782 g/mol. The Labute approximate surface area is 336 Å². The predicted molar refractivity (Wildman–Crippen MR) is 201 cm³/mol. The van der Waals surface area contributed by atoms with Crippen molar-refractivity contribution in [1.82, 2.24) is 49.1 Å². The standard InChI is InChI=1S/C40H38F6N10O3/c1-38(2,21-56-30(14-32(50-56)40(44,45)46)26-13-29(41)35(58)52(3)19-26)49-34(57)31(11-22-16-48-55(18-22)37(42)43)54-10-9-39(36(54)59)15-28(39)24-7-5-23(6-8-24)25-12-27-20-53(4)51-33(27)47-17-25/h5-8,12-14,16-20,28,31,37H,9-11,15,21H2,1-4H3,(H,49,57)/t28-,31-,39+/m1/s1/i3D3. The number of nitrogens with one attached hydrogen (secondary N) is 1. The van der Waals surface area contributed by atoms with Crippen LogP contribution in [0.15, 0.2) is 78.2 Å². The summed E-state index contributed by atoms with van der Waals surface area (Å²) in [4.78, 5) is 46.9. The minimum Gasteiger partial charge on any atom is -0.348 e. The maximum absolute atomic E-state index is 14.8. The van der Waals surface area contributed by atoms with E-state index in [2.05, 4.69) is 25.6 Å². The number of carbonyl (C=O) groups excluding carboxylic acids is 2. The highest BCUT2D eigenvalue weighted by atomic mass is 19.4. The molecule has 308 valence electrons. The quantitative estimate of drug-likeness (QED) is 0.162. The molecule has 0 radical (unpaired) electrons. The molecule has 0 bridgehead atoms. The number of alkyl halides is 5. The van der Waals surface area contributed by atoms with Crippen molar-refractivity contribution in [1.29, 1.82) is 0 Å². The molecule has 6 aromatic rings. The summed E-state index contributed by atoms with van der Waals surface area (Å²) in [6.07, 6.45) is 2.19. The summed E-state index contributed by atoms with van der Waals surface area (Å²) < 4.78 is 110. The Kier molecular flexibility index (Phi) is 8.65. The molecule has 59 heavy (non-hydrogen) atoms. The molecule has 1 N–H and O–H groups in total. The van der Waals surface area contributed by atoms with E-state index >= 15 is 0 Å². The van der Waals surface area contributed by atoms with Crippen LogP contribution in [0.4, 0.5) is 26.3 Å². The lowest BCUT2D eigenvalue weighted by atomic mass is 9.95. The Morgan fingerprint density at radius 3 is 2.47 bits per heavy atom. The van der Waals surface area contributed by atoms with Crippen LogP contribution >= 0.6 is 0 Å². The van der Waals surface area contributed by atoms with Gasteiger partial charge in [0.1, 0.15) is 6.04 Å². The highest BCUT2D eigenvalue weighted by molar-refractivity contribution is 5.94. The smallest absolute Gasteiger partial charge is 0.348 e. The summed E-state index contributed by atoms with van der Waals surface area (Å²) in [5.41, 5.74) is -2.50. The number of fused-ring (bicyclic) bond motifs is 1. The van der Waals surface area contributed by atoms with E-state index in [0.717, 1.165) is 39.2 Å². The van der Waals surface area contributed by atoms with Crippen molar-refractivity contribution >= 4 is 22.8 Å². The average molecular weight is 824 g/mol. The van der Waals surface area contributed by atoms with Gasteiger partial charge in [-0.15, -0.1) is 0 Å². The third kappa shape index (κ3) is 7.49. The molecule has 1 aliphatic carbocycles. The molecule has 0 unspecified atom stereocenters. The van der Waals surface area contributed by atoms with Crippen LogP contribution in [0.1, 0.15) is 60.1 Å². The summed E-state index contributed by atoms with van der Waals surface area (Å²) in [5, 5.41) is 15.3. The monoisotopic (exact) mass is 823 g/mol. The first-order valence-corrected chi connectivity index (χ1v) is 18.5. The lowest BCUT2D eigenvalue weighted by molar-refractivity contribution is -0.141. The fourth-order valence-electron chi connectivity index (χ4n) is 8.05. The van der Waals surface area contributed by atoms with E-state index in [1.54, 1.807) is 10.9 Å². The van der Waals surface area contributed by atoms with Gasteiger partial charge in [-0.05, 0) is 67.5 Å². The number of carbonyl (C=O) groups is 2. The molecule has 19 heteroatoms. The summed E-state index contributed by atoms with van der Waals surface area (Å²) in [7, 11) is 1.81. The third-order valence-corrected chi connectivity index (χ3v) is 11.0. The lowest BCUT2D eigenvalue weighted by Crippen LogP contribution is -2.56. The molecule has 2 fully saturated rings.